The maximum Gasteiger partial charge on any atom is 0.312 e. The third-order valence-electron chi connectivity index (χ3n) is 5.01. The molecule has 2 aliphatic heterocycles. The normalized spacial score (nSPS) is 22.8. The predicted molar refractivity (Wildman–Crippen MR) is 91.4 cm³/mol. The van der Waals surface area contributed by atoms with Crippen LogP contribution in [-0.2, 0) is 11.3 Å². The smallest absolute Gasteiger partial charge is 0.312 e. The maximum absolute atomic E-state index is 12.6. The first kappa shape index (κ1) is 18.7. The molecule has 0 radical (unpaired) electrons. The van der Waals surface area contributed by atoms with Crippen LogP contribution in [0.25, 0.3) is 0 Å². The summed E-state index contributed by atoms with van der Waals surface area (Å²) in [4.78, 5) is 25.3. The fourth-order valence-corrected chi connectivity index (χ4v) is 3.89. The molecular formula is C15H24ClN5O3. The molecule has 1 aromatic rings. The minimum absolute atomic E-state index is 0. The molecule has 0 spiro atoms. The van der Waals surface area contributed by atoms with Crippen LogP contribution < -0.4 is 5.32 Å². The number of halogens is 1. The van der Waals surface area contributed by atoms with E-state index in [2.05, 4.69) is 10.4 Å². The standard InChI is InChI=1S/C15H23N5O3.ClH/c1-10-15(20(22)23)11(2)18(17-10)8-6-14(21)19-12-3-4-13(19)9-16-7-5-12;/h12-13,16H,3-9H2,1-2H3;1H. The van der Waals surface area contributed by atoms with Gasteiger partial charge in [0.2, 0.25) is 5.91 Å². The minimum Gasteiger partial charge on any atom is -0.335 e. The molecular weight excluding hydrogens is 334 g/mol. The summed E-state index contributed by atoms with van der Waals surface area (Å²) in [5.41, 5.74) is 0.969. The van der Waals surface area contributed by atoms with Crippen LogP contribution in [0.1, 0.15) is 37.1 Å². The first-order valence-corrected chi connectivity index (χ1v) is 8.19. The van der Waals surface area contributed by atoms with Crippen LogP contribution >= 0.6 is 12.4 Å². The quantitative estimate of drug-likeness (QED) is 0.652. The van der Waals surface area contributed by atoms with Gasteiger partial charge in [-0.2, -0.15) is 5.10 Å². The zero-order valence-corrected chi connectivity index (χ0v) is 14.8. The van der Waals surface area contributed by atoms with Crippen molar-refractivity contribution in [2.75, 3.05) is 13.1 Å². The van der Waals surface area contributed by atoms with Crippen LogP contribution in [0.15, 0.2) is 0 Å². The lowest BCUT2D eigenvalue weighted by Crippen LogP contribution is -2.42. The highest BCUT2D eigenvalue weighted by Gasteiger charge is 2.37. The molecule has 0 aliphatic carbocycles. The number of carbonyl (C=O) groups excluding carboxylic acids is 1. The highest BCUT2D eigenvalue weighted by atomic mass is 35.5. The van der Waals surface area contributed by atoms with Crippen molar-refractivity contribution in [3.05, 3.63) is 21.5 Å². The van der Waals surface area contributed by atoms with Gasteiger partial charge in [-0.15, -0.1) is 12.4 Å². The number of aryl methyl sites for hydroxylation is 2. The first-order chi connectivity index (χ1) is 11.0. The van der Waals surface area contributed by atoms with Crippen LogP contribution in [-0.4, -0.2) is 50.7 Å². The van der Waals surface area contributed by atoms with E-state index >= 15 is 0 Å². The molecule has 8 nitrogen and oxygen atoms in total. The molecule has 2 aliphatic rings. The molecule has 3 heterocycles. The van der Waals surface area contributed by atoms with E-state index in [1.165, 1.54) is 0 Å². The zero-order valence-electron chi connectivity index (χ0n) is 14.0. The monoisotopic (exact) mass is 357 g/mol. The lowest BCUT2D eigenvalue weighted by atomic mass is 10.1. The summed E-state index contributed by atoms with van der Waals surface area (Å²) in [6.45, 7) is 5.54. The molecule has 2 saturated heterocycles. The van der Waals surface area contributed by atoms with Gasteiger partial charge in [0, 0.05) is 25.0 Å². The number of nitrogens with zero attached hydrogens (tertiary/aromatic N) is 4. The summed E-state index contributed by atoms with van der Waals surface area (Å²) >= 11 is 0. The summed E-state index contributed by atoms with van der Waals surface area (Å²) in [5.74, 6) is 0.136. The number of rotatable bonds is 4. The van der Waals surface area contributed by atoms with Crippen molar-refractivity contribution in [3.63, 3.8) is 0 Å². The van der Waals surface area contributed by atoms with Gasteiger partial charge in [-0.05, 0) is 39.7 Å². The Kier molecular flexibility index (Phi) is 5.82. The van der Waals surface area contributed by atoms with E-state index in [9.17, 15) is 14.9 Å². The van der Waals surface area contributed by atoms with Crippen molar-refractivity contribution < 1.29 is 9.72 Å². The average Bonchev–Trinajstić information content (AvgIpc) is 2.91. The molecule has 1 amide bonds. The number of hydrogen-bond donors (Lipinski definition) is 1. The van der Waals surface area contributed by atoms with Crippen molar-refractivity contribution in [1.82, 2.24) is 20.0 Å². The second-order valence-electron chi connectivity index (χ2n) is 6.43. The molecule has 134 valence electrons. The third kappa shape index (κ3) is 3.39. The highest BCUT2D eigenvalue weighted by Crippen LogP contribution is 2.29. The molecule has 2 bridgehead atoms. The molecule has 3 rings (SSSR count). The van der Waals surface area contributed by atoms with E-state index < -0.39 is 4.92 Å². The fraction of sp³-hybridized carbons (Fsp3) is 0.733. The van der Waals surface area contributed by atoms with Crippen molar-refractivity contribution in [2.45, 2.75) is 58.2 Å². The molecule has 2 fully saturated rings. The number of nitro groups is 1. The number of aromatic nitrogens is 2. The molecule has 0 aromatic carbocycles. The van der Waals surface area contributed by atoms with Gasteiger partial charge in [0.1, 0.15) is 11.4 Å². The summed E-state index contributed by atoms with van der Waals surface area (Å²) < 4.78 is 1.59. The van der Waals surface area contributed by atoms with Crippen LogP contribution in [0.5, 0.6) is 0 Å². The van der Waals surface area contributed by atoms with Gasteiger partial charge in [-0.25, -0.2) is 0 Å². The Bertz CT molecular complexity index is 619. The molecule has 9 heteroatoms. The van der Waals surface area contributed by atoms with Crippen molar-refractivity contribution in [2.24, 2.45) is 0 Å². The number of nitrogens with one attached hydrogen (secondary N) is 1. The molecule has 24 heavy (non-hydrogen) atoms. The molecule has 1 aromatic heterocycles. The topological polar surface area (TPSA) is 93.3 Å². The number of hydrogen-bond acceptors (Lipinski definition) is 5. The predicted octanol–water partition coefficient (Wildman–Crippen LogP) is 1.57. The van der Waals surface area contributed by atoms with E-state index in [4.69, 9.17) is 0 Å². The van der Waals surface area contributed by atoms with Gasteiger partial charge in [-0.3, -0.25) is 19.6 Å². The molecule has 1 N–H and O–H groups in total. The Labute approximate surface area is 147 Å². The van der Waals surface area contributed by atoms with E-state index in [1.807, 2.05) is 4.90 Å². The number of carbonyl (C=O) groups is 1. The average molecular weight is 358 g/mol. The second-order valence-corrected chi connectivity index (χ2v) is 6.43. The second kappa shape index (κ2) is 7.48. The SMILES string of the molecule is Cc1nn(CCC(=O)N2C3CCNCC2CC3)c(C)c1[N+](=O)[O-].Cl. The Hall–Kier alpha value is -1.67. The first-order valence-electron chi connectivity index (χ1n) is 8.19. The largest absolute Gasteiger partial charge is 0.335 e. The van der Waals surface area contributed by atoms with Crippen LogP contribution in [0.3, 0.4) is 0 Å². The van der Waals surface area contributed by atoms with Crippen molar-refractivity contribution in [1.29, 1.82) is 0 Å². The summed E-state index contributed by atoms with van der Waals surface area (Å²) in [7, 11) is 0. The van der Waals surface area contributed by atoms with Gasteiger partial charge < -0.3 is 10.2 Å². The molecule has 2 unspecified atom stereocenters. The van der Waals surface area contributed by atoms with Crippen molar-refractivity contribution in [3.8, 4) is 0 Å². The van der Waals surface area contributed by atoms with Crippen LogP contribution in [0, 0.1) is 24.0 Å². The van der Waals surface area contributed by atoms with Gasteiger partial charge in [0.05, 0.1) is 11.5 Å². The van der Waals surface area contributed by atoms with E-state index in [-0.39, 0.29) is 24.0 Å². The van der Waals surface area contributed by atoms with Crippen LogP contribution in [0.4, 0.5) is 5.69 Å². The Balaban J connectivity index is 0.00000208. The minimum atomic E-state index is -0.406. The van der Waals surface area contributed by atoms with Crippen LogP contribution in [0.2, 0.25) is 0 Å². The van der Waals surface area contributed by atoms with Crippen molar-refractivity contribution >= 4 is 24.0 Å². The van der Waals surface area contributed by atoms with E-state index in [1.54, 1.807) is 18.5 Å². The molecule has 0 saturated carbocycles. The summed E-state index contributed by atoms with van der Waals surface area (Å²) in [6.07, 6.45) is 3.50. The van der Waals surface area contributed by atoms with Gasteiger partial charge in [-0.1, -0.05) is 0 Å². The van der Waals surface area contributed by atoms with Gasteiger partial charge >= 0.3 is 5.69 Å². The summed E-state index contributed by atoms with van der Waals surface area (Å²) in [6, 6.07) is 0.641. The van der Waals surface area contributed by atoms with E-state index in [0.717, 1.165) is 32.4 Å². The van der Waals surface area contributed by atoms with Gasteiger partial charge in [0.25, 0.3) is 0 Å². The Morgan fingerprint density at radius 3 is 2.71 bits per heavy atom. The highest BCUT2D eigenvalue weighted by molar-refractivity contribution is 5.85. The van der Waals surface area contributed by atoms with Gasteiger partial charge in [0.15, 0.2) is 0 Å². The number of amides is 1. The fourth-order valence-electron chi connectivity index (χ4n) is 3.89. The molecule has 2 atom stereocenters. The zero-order chi connectivity index (χ0) is 16.6. The lowest BCUT2D eigenvalue weighted by molar-refractivity contribution is -0.386. The Morgan fingerprint density at radius 1 is 1.33 bits per heavy atom. The third-order valence-corrected chi connectivity index (χ3v) is 5.01. The Morgan fingerprint density at radius 2 is 2.04 bits per heavy atom. The lowest BCUT2D eigenvalue weighted by Gasteiger charge is -2.28. The number of fused-ring (bicyclic) bond motifs is 2. The maximum atomic E-state index is 12.6. The summed E-state index contributed by atoms with van der Waals surface area (Å²) in [5, 5.41) is 18.6. The van der Waals surface area contributed by atoms with E-state index in [0.29, 0.717) is 36.4 Å².